The van der Waals surface area contributed by atoms with Gasteiger partial charge in [0.05, 0.1) is 39.8 Å². The summed E-state index contributed by atoms with van der Waals surface area (Å²) >= 11 is 0. The second-order valence-corrected chi connectivity index (χ2v) is 8.57. The lowest BCUT2D eigenvalue weighted by Crippen LogP contribution is -2.22. The molecule has 3 rings (SSSR count). The van der Waals surface area contributed by atoms with Gasteiger partial charge in [0.1, 0.15) is 0 Å². The number of benzene rings is 2. The van der Waals surface area contributed by atoms with Gasteiger partial charge in [-0.1, -0.05) is 0 Å². The predicted octanol–water partition coefficient (Wildman–Crippen LogP) is 2.10. The largest absolute Gasteiger partial charge is 0.502 e. The van der Waals surface area contributed by atoms with Crippen molar-refractivity contribution in [3.05, 3.63) is 35.4 Å². The SMILES string of the molecule is COc1cc(C(=O)c2c(NCCS(N)(=O)=O)oc3c(O)c(OC)ccc23)cc(OC)c1OC. The summed E-state index contributed by atoms with van der Waals surface area (Å²) in [5, 5.41) is 18.6. The average Bonchev–Trinajstić information content (AvgIpc) is 3.15. The molecular weight excluding hydrogens is 456 g/mol. The quantitative estimate of drug-likeness (QED) is 0.367. The molecule has 0 saturated carbocycles. The van der Waals surface area contributed by atoms with E-state index in [2.05, 4.69) is 5.32 Å². The molecule has 1 aromatic heterocycles. The van der Waals surface area contributed by atoms with Gasteiger partial charge in [-0.15, -0.1) is 0 Å². The Morgan fingerprint density at radius 2 is 1.64 bits per heavy atom. The van der Waals surface area contributed by atoms with Gasteiger partial charge in [0.15, 0.2) is 28.6 Å². The molecule has 1 heterocycles. The first-order valence-electron chi connectivity index (χ1n) is 9.56. The Morgan fingerprint density at radius 1 is 1.03 bits per heavy atom. The normalized spacial score (nSPS) is 11.3. The van der Waals surface area contributed by atoms with Crippen LogP contribution in [0.1, 0.15) is 15.9 Å². The monoisotopic (exact) mass is 480 g/mol. The molecule has 0 aliphatic heterocycles. The fraction of sp³-hybridized carbons (Fsp3) is 0.286. The number of furan rings is 1. The summed E-state index contributed by atoms with van der Waals surface area (Å²) in [6, 6.07) is 5.97. The summed E-state index contributed by atoms with van der Waals surface area (Å²) in [5.74, 6) is -0.291. The molecule has 11 nitrogen and oxygen atoms in total. The zero-order chi connectivity index (χ0) is 24.3. The molecule has 4 N–H and O–H groups in total. The van der Waals surface area contributed by atoms with Gasteiger partial charge in [0.2, 0.25) is 27.4 Å². The third-order valence-corrected chi connectivity index (χ3v) is 5.61. The number of phenols is 1. The number of primary sulfonamides is 1. The van der Waals surface area contributed by atoms with E-state index in [-0.39, 0.29) is 57.5 Å². The lowest BCUT2D eigenvalue weighted by Gasteiger charge is -2.14. The van der Waals surface area contributed by atoms with Crippen LogP contribution in [0.15, 0.2) is 28.7 Å². The Kier molecular flexibility index (Phi) is 6.89. The van der Waals surface area contributed by atoms with Crippen molar-refractivity contribution in [2.24, 2.45) is 5.14 Å². The minimum atomic E-state index is -3.76. The minimum Gasteiger partial charge on any atom is -0.502 e. The maximum Gasteiger partial charge on any atom is 0.210 e. The van der Waals surface area contributed by atoms with Crippen molar-refractivity contribution in [1.82, 2.24) is 0 Å². The summed E-state index contributed by atoms with van der Waals surface area (Å²) in [6.07, 6.45) is 0. The number of fused-ring (bicyclic) bond motifs is 1. The fourth-order valence-corrected chi connectivity index (χ4v) is 3.69. The molecule has 178 valence electrons. The van der Waals surface area contributed by atoms with E-state index in [4.69, 9.17) is 28.5 Å². The van der Waals surface area contributed by atoms with E-state index in [0.29, 0.717) is 5.75 Å². The van der Waals surface area contributed by atoms with Crippen LogP contribution in [0.5, 0.6) is 28.7 Å². The van der Waals surface area contributed by atoms with E-state index in [1.54, 1.807) is 6.07 Å². The number of hydrogen-bond acceptors (Lipinski definition) is 10. The van der Waals surface area contributed by atoms with Crippen molar-refractivity contribution < 1.29 is 41.7 Å². The number of carbonyl (C=O) groups is 1. The molecule has 12 heteroatoms. The Hall–Kier alpha value is -3.64. The zero-order valence-electron chi connectivity index (χ0n) is 18.4. The molecule has 3 aromatic rings. The van der Waals surface area contributed by atoms with Crippen LogP contribution in [0.25, 0.3) is 11.0 Å². The van der Waals surface area contributed by atoms with E-state index in [1.807, 2.05) is 0 Å². The van der Waals surface area contributed by atoms with Gasteiger partial charge in [-0.25, -0.2) is 13.6 Å². The number of aromatic hydroxyl groups is 1. The highest BCUT2D eigenvalue weighted by atomic mass is 32.2. The summed E-state index contributed by atoms with van der Waals surface area (Å²) in [7, 11) is 1.89. The number of carbonyl (C=O) groups excluding carboxylic acids is 1. The Labute approximate surface area is 190 Å². The van der Waals surface area contributed by atoms with E-state index in [1.165, 1.54) is 46.6 Å². The summed E-state index contributed by atoms with van der Waals surface area (Å²) in [4.78, 5) is 13.6. The van der Waals surface area contributed by atoms with Crippen LogP contribution in [0.2, 0.25) is 0 Å². The lowest BCUT2D eigenvalue weighted by molar-refractivity contribution is 0.103. The van der Waals surface area contributed by atoms with Crippen LogP contribution in [0, 0.1) is 0 Å². The van der Waals surface area contributed by atoms with Crippen LogP contribution in [-0.4, -0.2) is 60.0 Å². The number of ketones is 1. The highest BCUT2D eigenvalue weighted by Crippen LogP contribution is 2.43. The van der Waals surface area contributed by atoms with Crippen molar-refractivity contribution in [2.45, 2.75) is 0 Å². The van der Waals surface area contributed by atoms with Crippen LogP contribution < -0.4 is 29.4 Å². The Morgan fingerprint density at radius 3 is 2.15 bits per heavy atom. The summed E-state index contributed by atoms with van der Waals surface area (Å²) in [5.41, 5.74) is 0.229. The van der Waals surface area contributed by atoms with Crippen LogP contribution in [-0.2, 0) is 10.0 Å². The van der Waals surface area contributed by atoms with Gasteiger partial charge < -0.3 is 33.8 Å². The number of phenolic OH excluding ortho intramolecular Hbond substituents is 1. The standard InChI is InChI=1S/C21H24N2O9S/c1-28-13-6-5-12-16(21(32-19(12)18(13)25)23-7-8-33(22,26)27)17(24)11-9-14(29-2)20(31-4)15(10-11)30-3/h5-6,9-10,23,25H,7-8H2,1-4H3,(H2,22,26,27). The first-order chi connectivity index (χ1) is 15.6. The van der Waals surface area contributed by atoms with Gasteiger partial charge in [0, 0.05) is 17.5 Å². The number of nitrogens with one attached hydrogen (secondary N) is 1. The minimum absolute atomic E-state index is 0.0109. The highest BCUT2D eigenvalue weighted by Gasteiger charge is 2.27. The molecule has 0 amide bonds. The Bertz CT molecular complexity index is 1270. The molecule has 33 heavy (non-hydrogen) atoms. The van der Waals surface area contributed by atoms with Crippen molar-refractivity contribution in [1.29, 1.82) is 0 Å². The average molecular weight is 480 g/mol. The van der Waals surface area contributed by atoms with Gasteiger partial charge in [-0.3, -0.25) is 4.79 Å². The molecule has 0 spiro atoms. The summed E-state index contributed by atoms with van der Waals surface area (Å²) < 4.78 is 49.4. The first kappa shape index (κ1) is 24.0. The zero-order valence-corrected chi connectivity index (χ0v) is 19.2. The molecule has 0 bridgehead atoms. The van der Waals surface area contributed by atoms with E-state index in [0.717, 1.165) is 0 Å². The smallest absolute Gasteiger partial charge is 0.210 e. The lowest BCUT2D eigenvalue weighted by atomic mass is 10.0. The van der Waals surface area contributed by atoms with Crippen LogP contribution >= 0.6 is 0 Å². The van der Waals surface area contributed by atoms with Gasteiger partial charge in [-0.05, 0) is 24.3 Å². The number of sulfonamides is 1. The van der Waals surface area contributed by atoms with Crippen molar-refractivity contribution in [2.75, 3.05) is 46.1 Å². The molecular formula is C21H24N2O9S. The van der Waals surface area contributed by atoms with E-state index in [9.17, 15) is 18.3 Å². The van der Waals surface area contributed by atoms with Gasteiger partial charge in [0.25, 0.3) is 0 Å². The maximum atomic E-state index is 13.6. The molecule has 0 unspecified atom stereocenters. The number of methoxy groups -OCH3 is 4. The number of ether oxygens (including phenoxy) is 4. The van der Waals surface area contributed by atoms with Crippen molar-refractivity contribution in [3.8, 4) is 28.7 Å². The van der Waals surface area contributed by atoms with Crippen LogP contribution in [0.4, 0.5) is 5.88 Å². The molecule has 0 aliphatic rings. The highest BCUT2D eigenvalue weighted by molar-refractivity contribution is 7.89. The Balaban J connectivity index is 2.18. The summed E-state index contributed by atoms with van der Waals surface area (Å²) in [6.45, 7) is -0.133. The second-order valence-electron chi connectivity index (χ2n) is 6.84. The number of anilines is 1. The van der Waals surface area contributed by atoms with Gasteiger partial charge >= 0.3 is 0 Å². The molecule has 0 radical (unpaired) electrons. The van der Waals surface area contributed by atoms with Crippen molar-refractivity contribution in [3.63, 3.8) is 0 Å². The molecule has 0 saturated heterocycles. The van der Waals surface area contributed by atoms with Gasteiger partial charge in [-0.2, -0.15) is 0 Å². The first-order valence-corrected chi connectivity index (χ1v) is 11.3. The third-order valence-electron chi connectivity index (χ3n) is 4.84. The number of hydrogen-bond donors (Lipinski definition) is 3. The number of nitrogens with two attached hydrogens (primary N) is 1. The second kappa shape index (κ2) is 9.46. The fourth-order valence-electron chi connectivity index (χ4n) is 3.31. The van der Waals surface area contributed by atoms with E-state index >= 15 is 0 Å². The predicted molar refractivity (Wildman–Crippen MR) is 120 cm³/mol. The van der Waals surface area contributed by atoms with Crippen molar-refractivity contribution >= 4 is 32.7 Å². The topological polar surface area (TPSA) is 160 Å². The third kappa shape index (κ3) is 4.76. The molecule has 0 atom stereocenters. The van der Waals surface area contributed by atoms with E-state index < -0.39 is 21.6 Å². The molecule has 0 aliphatic carbocycles. The molecule has 0 fully saturated rings. The number of rotatable bonds is 10. The maximum absolute atomic E-state index is 13.6. The van der Waals surface area contributed by atoms with Crippen LogP contribution in [0.3, 0.4) is 0 Å². The molecule has 2 aromatic carbocycles.